The molecule has 31 heavy (non-hydrogen) atoms. The molecule has 0 aliphatic carbocycles. The van der Waals surface area contributed by atoms with Crippen LogP contribution in [0.3, 0.4) is 0 Å². The van der Waals surface area contributed by atoms with Crippen LogP contribution in [0.15, 0.2) is 6.20 Å². The van der Waals surface area contributed by atoms with Crippen LogP contribution in [-0.4, -0.2) is 58.4 Å². The van der Waals surface area contributed by atoms with E-state index in [0.29, 0.717) is 57.3 Å². The van der Waals surface area contributed by atoms with Crippen molar-refractivity contribution >= 4 is 57.1 Å². The first-order valence-corrected chi connectivity index (χ1v) is 11.6. The zero-order chi connectivity index (χ0) is 23.1. The Bertz CT molecular complexity index is 953. The Morgan fingerprint density at radius 1 is 1.32 bits per heavy atom. The number of aromatic nitrogens is 2. The highest BCUT2D eigenvalue weighted by molar-refractivity contribution is 7.80. The Balaban J connectivity index is 2.07. The molecule has 2 rings (SSSR count). The monoisotopic (exact) mass is 485 g/mol. The first kappa shape index (κ1) is 25.1. The number of rotatable bonds is 9. The van der Waals surface area contributed by atoms with Crippen molar-refractivity contribution in [3.05, 3.63) is 32.9 Å². The van der Waals surface area contributed by atoms with Crippen LogP contribution >= 0.6 is 35.2 Å². The predicted octanol–water partition coefficient (Wildman–Crippen LogP) is 3.86. The summed E-state index contributed by atoms with van der Waals surface area (Å²) in [5.74, 6) is -0.624. The molecule has 2 aromatic rings. The lowest BCUT2D eigenvalue weighted by Gasteiger charge is -2.17. The average Bonchev–Trinajstić information content (AvgIpc) is 3.24. The number of thiocarbonyl (C=S) groups is 1. The number of nitrogens with one attached hydrogen (secondary N) is 2. The van der Waals surface area contributed by atoms with Crippen molar-refractivity contribution in [2.45, 2.75) is 40.7 Å². The fraction of sp³-hybridized carbons (Fsp3) is 0.500. The predicted molar refractivity (Wildman–Crippen MR) is 128 cm³/mol. The summed E-state index contributed by atoms with van der Waals surface area (Å²) in [6.07, 6.45) is 2.40. The molecule has 2 aromatic heterocycles. The van der Waals surface area contributed by atoms with Gasteiger partial charge in [0.25, 0.3) is 5.91 Å². The van der Waals surface area contributed by atoms with Crippen LogP contribution in [0, 0.1) is 13.8 Å². The molecule has 0 aliphatic rings. The second-order valence-corrected chi connectivity index (χ2v) is 8.60. The molecule has 0 radical (unpaired) electrons. The number of carbonyl (C=O) groups excluding carboxylic acids is 2. The number of amides is 1. The molecule has 0 bridgehead atoms. The maximum absolute atomic E-state index is 12.9. The summed E-state index contributed by atoms with van der Waals surface area (Å²) in [6, 6.07) is 0. The molecular weight excluding hydrogens is 458 g/mol. The van der Waals surface area contributed by atoms with Crippen LogP contribution in [0.4, 0.5) is 5.00 Å². The number of aryl methyl sites for hydroxylation is 1. The minimum absolute atomic E-state index is 0.113. The molecule has 11 heteroatoms. The fourth-order valence-electron chi connectivity index (χ4n) is 3.04. The number of hydrogen-bond donors (Lipinski definition) is 2. The number of esters is 1. The van der Waals surface area contributed by atoms with Crippen molar-refractivity contribution in [2.75, 3.05) is 32.1 Å². The van der Waals surface area contributed by atoms with Crippen molar-refractivity contribution in [1.82, 2.24) is 20.0 Å². The molecule has 0 aliphatic heterocycles. The number of hydrogen-bond acceptors (Lipinski definition) is 6. The molecule has 2 heterocycles. The van der Waals surface area contributed by atoms with Crippen LogP contribution in [-0.2, 0) is 11.3 Å². The summed E-state index contributed by atoms with van der Waals surface area (Å²) in [7, 11) is 1.31. The number of anilines is 1. The number of ether oxygens (including phenoxy) is 1. The van der Waals surface area contributed by atoms with Gasteiger partial charge in [0.15, 0.2) is 5.11 Å². The van der Waals surface area contributed by atoms with Gasteiger partial charge in [0.2, 0.25) is 0 Å². The van der Waals surface area contributed by atoms with E-state index in [9.17, 15) is 9.59 Å². The summed E-state index contributed by atoms with van der Waals surface area (Å²) in [5.41, 5.74) is 1.84. The average molecular weight is 486 g/mol. The number of carbonyl (C=O) groups is 2. The van der Waals surface area contributed by atoms with E-state index in [1.807, 2.05) is 25.5 Å². The van der Waals surface area contributed by atoms with Gasteiger partial charge in [-0.25, -0.2) is 4.79 Å². The molecule has 0 fully saturated rings. The molecule has 8 nitrogen and oxygen atoms in total. The first-order chi connectivity index (χ1) is 14.7. The zero-order valence-electron chi connectivity index (χ0n) is 18.4. The lowest BCUT2D eigenvalue weighted by atomic mass is 10.1. The summed E-state index contributed by atoms with van der Waals surface area (Å²) in [6.45, 7) is 9.98. The van der Waals surface area contributed by atoms with Gasteiger partial charge in [-0.2, -0.15) is 5.10 Å². The van der Waals surface area contributed by atoms with Crippen molar-refractivity contribution in [2.24, 2.45) is 0 Å². The highest BCUT2D eigenvalue weighted by atomic mass is 35.5. The molecule has 170 valence electrons. The number of methoxy groups -OCH3 is 1. The van der Waals surface area contributed by atoms with Gasteiger partial charge in [0, 0.05) is 26.2 Å². The highest BCUT2D eigenvalue weighted by Gasteiger charge is 2.27. The first-order valence-electron chi connectivity index (χ1n) is 9.98. The topological polar surface area (TPSA) is 88.5 Å². The Labute approximate surface area is 196 Å². The van der Waals surface area contributed by atoms with Crippen molar-refractivity contribution < 1.29 is 14.3 Å². The lowest BCUT2D eigenvalue weighted by molar-refractivity contribution is 0.0601. The summed E-state index contributed by atoms with van der Waals surface area (Å²) in [4.78, 5) is 27.4. The molecule has 0 atom stereocenters. The smallest absolute Gasteiger partial charge is 0.341 e. The molecular formula is C20H28ClN5O3S2. The minimum Gasteiger partial charge on any atom is -0.465 e. The van der Waals surface area contributed by atoms with E-state index < -0.39 is 5.97 Å². The second kappa shape index (κ2) is 11.4. The SMILES string of the molecule is CCN(CC)C(=O)c1sc(NC(=S)NCCCn2ncc(Cl)c2C)c(C(=O)OC)c1C. The number of thiophene rings is 1. The summed E-state index contributed by atoms with van der Waals surface area (Å²) in [5, 5.41) is 11.9. The zero-order valence-corrected chi connectivity index (χ0v) is 20.8. The molecule has 0 saturated carbocycles. The Morgan fingerprint density at radius 3 is 2.55 bits per heavy atom. The molecule has 1 amide bonds. The van der Waals surface area contributed by atoms with Gasteiger partial charge in [-0.05, 0) is 51.9 Å². The largest absolute Gasteiger partial charge is 0.465 e. The van der Waals surface area contributed by atoms with E-state index in [0.717, 1.165) is 12.1 Å². The van der Waals surface area contributed by atoms with Gasteiger partial charge in [-0.3, -0.25) is 9.48 Å². The van der Waals surface area contributed by atoms with E-state index in [-0.39, 0.29) is 5.91 Å². The third-order valence-electron chi connectivity index (χ3n) is 4.88. The van der Waals surface area contributed by atoms with Gasteiger partial charge >= 0.3 is 5.97 Å². The summed E-state index contributed by atoms with van der Waals surface area (Å²) < 4.78 is 6.76. The van der Waals surface area contributed by atoms with Gasteiger partial charge in [0.05, 0.1) is 34.5 Å². The van der Waals surface area contributed by atoms with E-state index in [4.69, 9.17) is 28.6 Å². The van der Waals surface area contributed by atoms with Crippen LogP contribution < -0.4 is 10.6 Å². The van der Waals surface area contributed by atoms with Crippen LogP contribution in [0.1, 0.15) is 51.6 Å². The molecule has 0 unspecified atom stereocenters. The van der Waals surface area contributed by atoms with E-state index in [1.165, 1.54) is 18.4 Å². The van der Waals surface area contributed by atoms with Crippen molar-refractivity contribution in [3.8, 4) is 0 Å². The molecule has 0 saturated heterocycles. The number of nitrogens with zero attached hydrogens (tertiary/aromatic N) is 3. The maximum atomic E-state index is 12.9. The second-order valence-electron chi connectivity index (χ2n) is 6.76. The van der Waals surface area contributed by atoms with Crippen molar-refractivity contribution in [1.29, 1.82) is 0 Å². The highest BCUT2D eigenvalue weighted by Crippen LogP contribution is 2.34. The maximum Gasteiger partial charge on any atom is 0.341 e. The quantitative estimate of drug-likeness (QED) is 0.316. The fourth-order valence-corrected chi connectivity index (χ4v) is 4.61. The van der Waals surface area contributed by atoms with Gasteiger partial charge in [0.1, 0.15) is 5.00 Å². The van der Waals surface area contributed by atoms with E-state index in [1.54, 1.807) is 18.0 Å². The van der Waals surface area contributed by atoms with Crippen molar-refractivity contribution in [3.63, 3.8) is 0 Å². The van der Waals surface area contributed by atoms with Gasteiger partial charge in [-0.1, -0.05) is 11.6 Å². The molecule has 0 aromatic carbocycles. The van der Waals surface area contributed by atoms with Gasteiger partial charge in [-0.15, -0.1) is 11.3 Å². The van der Waals surface area contributed by atoms with E-state index in [2.05, 4.69) is 15.7 Å². The number of halogens is 1. The third-order valence-corrected chi connectivity index (χ3v) is 6.70. The molecule has 2 N–H and O–H groups in total. The van der Waals surface area contributed by atoms with Crippen LogP contribution in [0.5, 0.6) is 0 Å². The Kier molecular flexibility index (Phi) is 9.27. The van der Waals surface area contributed by atoms with Crippen LogP contribution in [0.25, 0.3) is 0 Å². The Morgan fingerprint density at radius 2 is 2.00 bits per heavy atom. The minimum atomic E-state index is -0.510. The third kappa shape index (κ3) is 5.96. The summed E-state index contributed by atoms with van der Waals surface area (Å²) >= 11 is 12.6. The lowest BCUT2D eigenvalue weighted by Crippen LogP contribution is -2.30. The molecule has 0 spiro atoms. The van der Waals surface area contributed by atoms with E-state index >= 15 is 0 Å². The van der Waals surface area contributed by atoms with Crippen LogP contribution in [0.2, 0.25) is 5.02 Å². The Hall–Kier alpha value is -2.17. The normalized spacial score (nSPS) is 10.6. The van der Waals surface area contributed by atoms with Gasteiger partial charge < -0.3 is 20.3 Å². The standard InChI is InChI=1S/C20H28ClN5O3S2/c1-6-25(7-2)18(27)16-12(3)15(19(28)29-5)17(31-16)24-20(30)22-9-8-10-26-13(4)14(21)11-23-26/h11H,6-10H2,1-5H3,(H2,22,24,30).